The van der Waals surface area contributed by atoms with Crippen LogP contribution in [0.15, 0.2) is 17.3 Å². The lowest BCUT2D eigenvalue weighted by atomic mass is 9.96. The molecule has 17 heavy (non-hydrogen) atoms. The van der Waals surface area contributed by atoms with E-state index in [2.05, 4.69) is 27.2 Å². The first-order valence-corrected chi connectivity index (χ1v) is 7.28. The minimum absolute atomic E-state index is 0.120. The summed E-state index contributed by atoms with van der Waals surface area (Å²) in [5.74, 6) is 0.365. The second-order valence-corrected chi connectivity index (χ2v) is 6.26. The molecule has 6 nitrogen and oxygen atoms in total. The minimum Gasteiger partial charge on any atom is -0.314 e. The second-order valence-electron chi connectivity index (χ2n) is 4.53. The molecule has 0 bridgehead atoms. The third-order valence-corrected chi connectivity index (χ3v) is 4.44. The van der Waals surface area contributed by atoms with E-state index < -0.39 is 10.0 Å². The zero-order valence-electron chi connectivity index (χ0n) is 9.81. The van der Waals surface area contributed by atoms with E-state index in [0.717, 1.165) is 19.4 Å². The van der Waals surface area contributed by atoms with Gasteiger partial charge in [0.1, 0.15) is 0 Å². The van der Waals surface area contributed by atoms with Crippen LogP contribution in [0.2, 0.25) is 0 Å². The van der Waals surface area contributed by atoms with E-state index in [1.165, 1.54) is 12.3 Å². The van der Waals surface area contributed by atoms with Gasteiger partial charge in [-0.3, -0.25) is 5.10 Å². The molecule has 2 unspecified atom stereocenters. The van der Waals surface area contributed by atoms with Crippen molar-refractivity contribution in [1.29, 1.82) is 0 Å². The molecule has 1 aliphatic rings. The summed E-state index contributed by atoms with van der Waals surface area (Å²) in [5, 5.41) is 9.56. The van der Waals surface area contributed by atoms with Crippen molar-refractivity contribution >= 4 is 10.0 Å². The van der Waals surface area contributed by atoms with Crippen molar-refractivity contribution in [1.82, 2.24) is 20.2 Å². The predicted molar refractivity (Wildman–Crippen MR) is 64.0 cm³/mol. The fraction of sp³-hybridized carbons (Fsp3) is 0.700. The van der Waals surface area contributed by atoms with Crippen LogP contribution in [0.4, 0.5) is 0 Å². The van der Waals surface area contributed by atoms with Gasteiger partial charge in [0.2, 0.25) is 0 Å². The number of hydrogen-bond acceptors (Lipinski definition) is 4. The maximum Gasteiger partial charge on any atom is 0.257 e. The SMILES string of the molecule is CC1CCC(CNS(=O)(=O)c2ccn[nH]2)CN1. The van der Waals surface area contributed by atoms with Gasteiger partial charge >= 0.3 is 0 Å². The molecule has 0 aliphatic carbocycles. The maximum absolute atomic E-state index is 11.8. The quantitative estimate of drug-likeness (QED) is 0.713. The number of aromatic amines is 1. The highest BCUT2D eigenvalue weighted by molar-refractivity contribution is 7.89. The third kappa shape index (κ3) is 3.27. The van der Waals surface area contributed by atoms with Crippen LogP contribution in [0, 0.1) is 5.92 Å². The Bertz CT molecular complexity index is 435. The summed E-state index contributed by atoms with van der Waals surface area (Å²) in [6.07, 6.45) is 3.58. The predicted octanol–water partition coefficient (Wildman–Crippen LogP) is 0.0761. The molecular formula is C10H18N4O2S. The number of hydrogen-bond donors (Lipinski definition) is 3. The maximum atomic E-state index is 11.8. The highest BCUT2D eigenvalue weighted by Gasteiger charge is 2.21. The minimum atomic E-state index is -3.43. The summed E-state index contributed by atoms with van der Waals surface area (Å²) in [6, 6.07) is 1.99. The van der Waals surface area contributed by atoms with Crippen LogP contribution in [-0.4, -0.2) is 37.7 Å². The summed E-state index contributed by atoms with van der Waals surface area (Å²) >= 11 is 0. The highest BCUT2D eigenvalue weighted by atomic mass is 32.2. The smallest absolute Gasteiger partial charge is 0.257 e. The Labute approximate surface area is 101 Å². The van der Waals surface area contributed by atoms with E-state index in [0.29, 0.717) is 18.5 Å². The number of aromatic nitrogens is 2. The van der Waals surface area contributed by atoms with E-state index in [-0.39, 0.29) is 5.03 Å². The summed E-state index contributed by atoms with van der Waals surface area (Å²) in [4.78, 5) is 0. The van der Waals surface area contributed by atoms with Gasteiger partial charge in [-0.25, -0.2) is 13.1 Å². The molecule has 1 aliphatic heterocycles. The topological polar surface area (TPSA) is 86.9 Å². The summed E-state index contributed by atoms with van der Waals surface area (Å²) in [5.41, 5.74) is 0. The van der Waals surface area contributed by atoms with Crippen molar-refractivity contribution in [3.05, 3.63) is 12.3 Å². The average molecular weight is 258 g/mol. The van der Waals surface area contributed by atoms with Gasteiger partial charge in [0.25, 0.3) is 10.0 Å². The van der Waals surface area contributed by atoms with Gasteiger partial charge in [-0.15, -0.1) is 0 Å². The average Bonchev–Trinajstić information content (AvgIpc) is 2.82. The van der Waals surface area contributed by atoms with Crippen LogP contribution in [0.1, 0.15) is 19.8 Å². The van der Waals surface area contributed by atoms with Crippen LogP contribution in [0.5, 0.6) is 0 Å². The molecule has 3 N–H and O–H groups in total. The van der Waals surface area contributed by atoms with Gasteiger partial charge in [0, 0.05) is 12.6 Å². The van der Waals surface area contributed by atoms with Crippen molar-refractivity contribution in [2.75, 3.05) is 13.1 Å². The molecule has 7 heteroatoms. The second kappa shape index (κ2) is 5.16. The number of piperidine rings is 1. The zero-order chi connectivity index (χ0) is 12.3. The van der Waals surface area contributed by atoms with E-state index in [1.54, 1.807) is 0 Å². The molecule has 96 valence electrons. The molecule has 2 heterocycles. The van der Waals surface area contributed by atoms with Gasteiger partial charge in [-0.2, -0.15) is 5.10 Å². The number of nitrogens with zero attached hydrogens (tertiary/aromatic N) is 1. The first kappa shape index (κ1) is 12.5. The van der Waals surface area contributed by atoms with Crippen LogP contribution in [0.3, 0.4) is 0 Å². The summed E-state index contributed by atoms with van der Waals surface area (Å²) in [6.45, 7) is 3.48. The third-order valence-electron chi connectivity index (χ3n) is 3.09. The monoisotopic (exact) mass is 258 g/mol. The number of nitrogens with one attached hydrogen (secondary N) is 3. The number of sulfonamides is 1. The number of rotatable bonds is 4. The highest BCUT2D eigenvalue weighted by Crippen LogP contribution is 2.14. The standard InChI is InChI=1S/C10H18N4O2S/c1-8-2-3-9(6-11-8)7-13-17(15,16)10-4-5-12-14-10/h4-5,8-9,11,13H,2-3,6-7H2,1H3,(H,12,14). The van der Waals surface area contributed by atoms with Crippen LogP contribution in [-0.2, 0) is 10.0 Å². The van der Waals surface area contributed by atoms with E-state index in [9.17, 15) is 8.42 Å². The molecule has 1 saturated heterocycles. The molecule has 0 amide bonds. The summed E-state index contributed by atoms with van der Waals surface area (Å²) in [7, 11) is -3.43. The van der Waals surface area contributed by atoms with Crippen molar-refractivity contribution in [2.45, 2.75) is 30.8 Å². The first-order valence-electron chi connectivity index (χ1n) is 5.80. The van der Waals surface area contributed by atoms with Gasteiger partial charge < -0.3 is 5.32 Å². The van der Waals surface area contributed by atoms with Gasteiger partial charge in [0.05, 0.1) is 6.20 Å². The molecule has 1 fully saturated rings. The Balaban J connectivity index is 1.86. The van der Waals surface area contributed by atoms with Gasteiger partial charge in [0.15, 0.2) is 5.03 Å². The molecule has 1 aromatic heterocycles. The van der Waals surface area contributed by atoms with E-state index in [4.69, 9.17) is 0 Å². The molecular weight excluding hydrogens is 240 g/mol. The van der Waals surface area contributed by atoms with Crippen molar-refractivity contribution in [2.24, 2.45) is 5.92 Å². The van der Waals surface area contributed by atoms with E-state index >= 15 is 0 Å². The van der Waals surface area contributed by atoms with Crippen LogP contribution in [0.25, 0.3) is 0 Å². The van der Waals surface area contributed by atoms with Gasteiger partial charge in [-0.05, 0) is 38.3 Å². The molecule has 1 aromatic rings. The Morgan fingerprint density at radius 1 is 1.53 bits per heavy atom. The Kier molecular flexibility index (Phi) is 3.80. The Morgan fingerprint density at radius 3 is 2.94 bits per heavy atom. The Hall–Kier alpha value is -0.920. The normalized spacial score (nSPS) is 25.9. The molecule has 0 spiro atoms. The Morgan fingerprint density at radius 2 is 2.35 bits per heavy atom. The molecule has 0 saturated carbocycles. The van der Waals surface area contributed by atoms with E-state index in [1.807, 2.05) is 0 Å². The van der Waals surface area contributed by atoms with Gasteiger partial charge in [-0.1, -0.05) is 0 Å². The molecule has 0 aromatic carbocycles. The molecule has 2 rings (SSSR count). The van der Waals surface area contributed by atoms with Crippen molar-refractivity contribution in [3.63, 3.8) is 0 Å². The fourth-order valence-electron chi connectivity index (χ4n) is 1.93. The van der Waals surface area contributed by atoms with Crippen molar-refractivity contribution < 1.29 is 8.42 Å². The van der Waals surface area contributed by atoms with Crippen LogP contribution >= 0.6 is 0 Å². The van der Waals surface area contributed by atoms with Crippen molar-refractivity contribution in [3.8, 4) is 0 Å². The van der Waals surface area contributed by atoms with Crippen LogP contribution < -0.4 is 10.0 Å². The summed E-state index contributed by atoms with van der Waals surface area (Å²) < 4.78 is 26.2. The zero-order valence-corrected chi connectivity index (χ0v) is 10.6. The fourth-order valence-corrected chi connectivity index (χ4v) is 2.95. The lowest BCUT2D eigenvalue weighted by Crippen LogP contribution is -2.41. The lowest BCUT2D eigenvalue weighted by Gasteiger charge is -2.27. The first-order chi connectivity index (χ1) is 8.08. The molecule has 2 atom stereocenters. The lowest BCUT2D eigenvalue weighted by molar-refractivity contribution is 0.323. The molecule has 0 radical (unpaired) electrons. The number of H-pyrrole nitrogens is 1. The largest absolute Gasteiger partial charge is 0.314 e.